The Hall–Kier alpha value is -2.74. The number of hydrogen-bond donors (Lipinski definition) is 4. The van der Waals surface area contributed by atoms with E-state index in [0.29, 0.717) is 18.5 Å². The number of amides is 1. The zero-order valence-electron chi connectivity index (χ0n) is 21.0. The van der Waals surface area contributed by atoms with Gasteiger partial charge in [-0.2, -0.15) is 4.98 Å². The number of piperazine rings is 1. The van der Waals surface area contributed by atoms with Crippen LogP contribution in [0.1, 0.15) is 12.8 Å². The number of anilines is 3. The molecular weight excluding hydrogens is 535 g/mol. The van der Waals surface area contributed by atoms with Crippen LogP contribution in [0, 0.1) is 29.5 Å². The lowest BCUT2D eigenvalue weighted by atomic mass is 9.78. The number of fused-ring (bicyclic) bond motifs is 2. The first-order valence-corrected chi connectivity index (χ1v) is 14.5. The van der Waals surface area contributed by atoms with Crippen molar-refractivity contribution in [2.45, 2.75) is 23.8 Å². The first-order valence-electron chi connectivity index (χ1n) is 12.6. The molecule has 2 bridgehead atoms. The molecule has 1 aromatic carbocycles. The van der Waals surface area contributed by atoms with Crippen LogP contribution in [0.4, 0.5) is 21.6 Å². The second kappa shape index (κ2) is 10.4. The number of sulfonamides is 1. The van der Waals surface area contributed by atoms with Crippen molar-refractivity contribution in [3.05, 3.63) is 35.5 Å². The molecule has 6 N–H and O–H groups in total. The van der Waals surface area contributed by atoms with Gasteiger partial charge in [0.25, 0.3) is 0 Å². The molecule has 2 aromatic rings. The summed E-state index contributed by atoms with van der Waals surface area (Å²) >= 11 is 5.83. The number of nitrogens with two attached hydrogens (primary N) is 2. The Balaban J connectivity index is 1.30. The minimum absolute atomic E-state index is 0.0407. The average Bonchev–Trinajstić information content (AvgIpc) is 3.43. The van der Waals surface area contributed by atoms with Gasteiger partial charge in [-0.15, -0.1) is 0 Å². The van der Waals surface area contributed by atoms with E-state index in [0.717, 1.165) is 38.1 Å². The molecule has 3 fully saturated rings. The Bertz CT molecular complexity index is 1320. The second-order valence-corrected chi connectivity index (χ2v) is 12.6. The summed E-state index contributed by atoms with van der Waals surface area (Å²) < 4.78 is 43.7. The third kappa shape index (κ3) is 5.37. The summed E-state index contributed by atoms with van der Waals surface area (Å²) in [5.74, 6) is -2.05. The molecule has 11 nitrogen and oxygen atoms in total. The van der Waals surface area contributed by atoms with Crippen molar-refractivity contribution in [3.63, 3.8) is 0 Å². The fourth-order valence-electron chi connectivity index (χ4n) is 6.25. The van der Waals surface area contributed by atoms with Crippen molar-refractivity contribution in [1.82, 2.24) is 19.6 Å². The van der Waals surface area contributed by atoms with Gasteiger partial charge in [0, 0.05) is 50.1 Å². The van der Waals surface area contributed by atoms with Gasteiger partial charge in [0.1, 0.15) is 0 Å². The summed E-state index contributed by atoms with van der Waals surface area (Å²) in [6, 6.07) is 4.40. The average molecular weight is 567 g/mol. The number of halogens is 2. The van der Waals surface area contributed by atoms with Crippen LogP contribution in [0.5, 0.6) is 0 Å². The summed E-state index contributed by atoms with van der Waals surface area (Å²) in [6.45, 7) is 3.49. The molecule has 2 heterocycles. The molecule has 2 saturated carbocycles. The maximum Gasteiger partial charge on any atom is 0.240 e. The molecule has 0 radical (unpaired) electrons. The second-order valence-electron chi connectivity index (χ2n) is 10.5. The third-order valence-electron chi connectivity index (χ3n) is 8.12. The van der Waals surface area contributed by atoms with Gasteiger partial charge in [-0.3, -0.25) is 4.79 Å². The normalized spacial score (nSPS) is 27.6. The predicted molar refractivity (Wildman–Crippen MR) is 143 cm³/mol. The minimum Gasteiger partial charge on any atom is -0.399 e. The van der Waals surface area contributed by atoms with Crippen molar-refractivity contribution < 1.29 is 17.6 Å². The van der Waals surface area contributed by atoms with Crippen LogP contribution in [0.15, 0.2) is 29.3 Å². The van der Waals surface area contributed by atoms with E-state index in [2.05, 4.69) is 36.9 Å². The van der Waals surface area contributed by atoms with E-state index in [9.17, 15) is 17.6 Å². The summed E-state index contributed by atoms with van der Waals surface area (Å²) in [5, 5.41) is 2.88. The topological polar surface area (TPSA) is 160 Å². The van der Waals surface area contributed by atoms with Gasteiger partial charge in [-0.1, -0.05) is 0 Å². The molecule has 1 aromatic heterocycles. The van der Waals surface area contributed by atoms with Crippen LogP contribution in [-0.4, -0.2) is 75.0 Å². The number of carbonyl (C=O) groups excluding carboxylic acids is 1. The number of likely N-dealkylation sites (N-methyl/N-ethyl adjacent to an activating group) is 1. The number of aromatic nitrogens is 2. The van der Waals surface area contributed by atoms with E-state index in [-0.39, 0.29) is 40.3 Å². The number of rotatable bonds is 8. The summed E-state index contributed by atoms with van der Waals surface area (Å²) in [4.78, 5) is 24.2. The fourth-order valence-corrected chi connectivity index (χ4v) is 7.55. The lowest BCUT2D eigenvalue weighted by Crippen LogP contribution is -2.47. The first kappa shape index (κ1) is 26.9. The molecule has 1 aliphatic heterocycles. The molecule has 206 valence electrons. The van der Waals surface area contributed by atoms with E-state index < -0.39 is 33.7 Å². The molecule has 0 unspecified atom stereocenters. The van der Waals surface area contributed by atoms with E-state index in [4.69, 9.17) is 23.1 Å². The Kier molecular flexibility index (Phi) is 7.37. The number of nitrogen functional groups attached to an aromatic ring is 1. The lowest BCUT2D eigenvalue weighted by molar-refractivity contribution is -0.123. The summed E-state index contributed by atoms with van der Waals surface area (Å²) in [6.07, 6.45) is 2.26. The highest BCUT2D eigenvalue weighted by molar-refractivity contribution is 7.89. The van der Waals surface area contributed by atoms with Crippen LogP contribution in [0.3, 0.4) is 0 Å². The molecule has 0 spiro atoms. The third-order valence-corrected chi connectivity index (χ3v) is 9.70. The van der Waals surface area contributed by atoms with Crippen molar-refractivity contribution in [2.24, 2.45) is 29.4 Å². The smallest absolute Gasteiger partial charge is 0.240 e. The molecule has 2 aliphatic carbocycles. The highest BCUT2D eigenvalue weighted by Gasteiger charge is 2.55. The van der Waals surface area contributed by atoms with Crippen LogP contribution in [0.2, 0.25) is 5.28 Å². The van der Waals surface area contributed by atoms with Crippen LogP contribution in [-0.2, 0) is 14.8 Å². The Labute approximate surface area is 226 Å². The fraction of sp³-hybridized carbons (Fsp3) is 0.542. The molecule has 5 rings (SSSR count). The van der Waals surface area contributed by atoms with Crippen molar-refractivity contribution in [2.75, 3.05) is 55.7 Å². The van der Waals surface area contributed by atoms with Crippen LogP contribution in [0.25, 0.3) is 0 Å². The Morgan fingerprint density at radius 1 is 1.21 bits per heavy atom. The van der Waals surface area contributed by atoms with Crippen LogP contribution >= 0.6 is 11.6 Å². The maximum atomic E-state index is 14.3. The zero-order valence-corrected chi connectivity index (χ0v) is 22.6. The molecule has 1 amide bonds. The van der Waals surface area contributed by atoms with Crippen LogP contribution < -0.4 is 26.4 Å². The van der Waals surface area contributed by atoms with E-state index in [1.165, 1.54) is 6.07 Å². The SMILES string of the molecule is CN1CCN(c2cc(N)cc(S(=O)(=O)NC[C@@H]3C[C@@H]4C[C@H]3[C@@H](Nc3nc(Cl)ncc3F)[C@H]4C(N)=O)c2)CC1. The Morgan fingerprint density at radius 3 is 2.66 bits per heavy atom. The highest BCUT2D eigenvalue weighted by Crippen LogP contribution is 2.52. The van der Waals surface area contributed by atoms with Crippen molar-refractivity contribution in [3.8, 4) is 0 Å². The largest absolute Gasteiger partial charge is 0.399 e. The van der Waals surface area contributed by atoms with Gasteiger partial charge in [0.15, 0.2) is 11.6 Å². The number of nitrogens with zero attached hydrogens (tertiary/aromatic N) is 4. The number of benzene rings is 1. The number of primary amides is 1. The molecule has 5 atom stereocenters. The predicted octanol–water partition coefficient (Wildman–Crippen LogP) is 1.12. The highest BCUT2D eigenvalue weighted by atomic mass is 35.5. The first-order chi connectivity index (χ1) is 18.0. The van der Waals surface area contributed by atoms with Gasteiger partial charge >= 0.3 is 0 Å². The van der Waals surface area contributed by atoms with Gasteiger partial charge in [0.05, 0.1) is 17.0 Å². The minimum atomic E-state index is -3.85. The molecule has 1 saturated heterocycles. The molecule has 38 heavy (non-hydrogen) atoms. The monoisotopic (exact) mass is 566 g/mol. The van der Waals surface area contributed by atoms with Crippen molar-refractivity contribution in [1.29, 1.82) is 0 Å². The van der Waals surface area contributed by atoms with E-state index in [1.54, 1.807) is 12.1 Å². The number of hydrogen-bond acceptors (Lipinski definition) is 9. The quantitative estimate of drug-likeness (QED) is 0.271. The van der Waals surface area contributed by atoms with E-state index >= 15 is 0 Å². The lowest BCUT2D eigenvalue weighted by Gasteiger charge is -2.35. The molecule has 14 heteroatoms. The Morgan fingerprint density at radius 2 is 1.95 bits per heavy atom. The van der Waals surface area contributed by atoms with Crippen molar-refractivity contribution >= 4 is 44.7 Å². The molecular formula is C24H32ClFN8O3S. The van der Waals surface area contributed by atoms with Gasteiger partial charge in [0.2, 0.25) is 21.2 Å². The summed E-state index contributed by atoms with van der Waals surface area (Å²) in [5.41, 5.74) is 12.9. The summed E-state index contributed by atoms with van der Waals surface area (Å²) in [7, 11) is -1.80. The maximum absolute atomic E-state index is 14.3. The number of nitrogens with one attached hydrogen (secondary N) is 2. The zero-order chi connectivity index (χ0) is 27.2. The van der Waals surface area contributed by atoms with Gasteiger partial charge in [-0.05, 0) is 67.4 Å². The molecule has 3 aliphatic rings. The van der Waals surface area contributed by atoms with Gasteiger partial charge in [-0.25, -0.2) is 22.5 Å². The number of carbonyl (C=O) groups is 1. The van der Waals surface area contributed by atoms with E-state index in [1.807, 2.05) is 0 Å². The van der Waals surface area contributed by atoms with Gasteiger partial charge < -0.3 is 26.6 Å². The standard InChI is InChI=1S/C24H32ClFN8O3S/c1-33-2-4-34(5-3-33)16-8-15(27)9-17(10-16)38(36,37)30-11-14-6-13-7-18(14)21(20(13)22(28)35)31-23-19(26)12-29-24(25)32-23/h8-10,12-14,18,20-21,30H,2-7,11,27H2,1H3,(H2,28,35)(H,29,31,32)/t13-,14+,18-,20+,21-/m1/s1.